The van der Waals surface area contributed by atoms with Gasteiger partial charge in [-0.3, -0.25) is 9.59 Å². The van der Waals surface area contributed by atoms with Crippen LogP contribution in [-0.2, 0) is 23.2 Å². The van der Waals surface area contributed by atoms with E-state index in [1.807, 2.05) is 13.8 Å². The summed E-state index contributed by atoms with van der Waals surface area (Å²) in [4.78, 5) is 27.0. The van der Waals surface area contributed by atoms with E-state index in [0.29, 0.717) is 24.0 Å². The molecule has 0 aliphatic rings. The van der Waals surface area contributed by atoms with Gasteiger partial charge in [-0.25, -0.2) is 4.57 Å². The van der Waals surface area contributed by atoms with Gasteiger partial charge in [0, 0.05) is 39.3 Å². The summed E-state index contributed by atoms with van der Waals surface area (Å²) in [5, 5.41) is 0. The molecule has 0 aromatic heterocycles. The zero-order valence-electron chi connectivity index (χ0n) is 17.7. The molecule has 0 bridgehead atoms. The molecule has 2 amide bonds. The van der Waals surface area contributed by atoms with Crippen LogP contribution in [0, 0.1) is 0 Å². The van der Waals surface area contributed by atoms with Crippen molar-refractivity contribution in [3.05, 3.63) is 48.0 Å². The zero-order valence-corrected chi connectivity index (χ0v) is 18.7. The van der Waals surface area contributed by atoms with Crippen LogP contribution in [0.2, 0.25) is 0 Å². The fourth-order valence-corrected chi connectivity index (χ4v) is 2.60. The first-order valence-electron chi connectivity index (χ1n) is 9.26. The van der Waals surface area contributed by atoms with Crippen molar-refractivity contribution in [1.29, 1.82) is 0 Å². The normalized spacial score (nSPS) is 12.7. The summed E-state index contributed by atoms with van der Waals surface area (Å²) in [6.07, 6.45) is 11.8. The topological polar surface area (TPSA) is 76.1 Å². The Labute approximate surface area is 169 Å². The maximum atomic E-state index is 12.0. The monoisotopic (exact) mass is 412 g/mol. The summed E-state index contributed by atoms with van der Waals surface area (Å²) in [7, 11) is 4.01. The molecule has 0 saturated heterocycles. The molecule has 0 saturated carbocycles. The molecule has 0 rings (SSSR count). The number of hydrogen-bond donors (Lipinski definition) is 0. The third kappa shape index (κ3) is 10.8. The van der Waals surface area contributed by atoms with Crippen LogP contribution in [0.5, 0.6) is 0 Å². The van der Waals surface area contributed by atoms with Crippen molar-refractivity contribution >= 4 is 20.1 Å². The Balaban J connectivity index is 4.69. The van der Waals surface area contributed by atoms with E-state index in [-0.39, 0.29) is 11.8 Å². The van der Waals surface area contributed by atoms with E-state index in [9.17, 15) is 14.2 Å². The van der Waals surface area contributed by atoms with Crippen LogP contribution < -0.4 is 0 Å². The van der Waals surface area contributed by atoms with Crippen LogP contribution in [0.1, 0.15) is 39.5 Å². The second kappa shape index (κ2) is 14.7. The summed E-state index contributed by atoms with van der Waals surface area (Å²) >= 11 is 0. The average Bonchev–Trinajstić information content (AvgIpc) is 2.65. The molecule has 28 heavy (non-hydrogen) atoms. The number of nitrogens with zero attached hydrogens (tertiary/aromatic N) is 2. The Bertz CT molecular complexity index is 595. The molecule has 0 N–H and O–H groups in total. The fourth-order valence-electron chi connectivity index (χ4n) is 2.16. The number of likely N-dealkylation sites (N-methyl/N-ethyl adjacent to an activating group) is 2. The quantitative estimate of drug-likeness (QED) is 0.209. The predicted octanol–water partition coefficient (Wildman–Crippen LogP) is 4.07. The van der Waals surface area contributed by atoms with Crippen LogP contribution in [0.4, 0.5) is 0 Å². The molecule has 0 heterocycles. The van der Waals surface area contributed by atoms with Crippen LogP contribution in [-0.4, -0.2) is 49.8 Å². The minimum Gasteiger partial charge on any atom is -0.426 e. The highest BCUT2D eigenvalue weighted by Crippen LogP contribution is 2.24. The zero-order chi connectivity index (χ0) is 21.5. The minimum absolute atomic E-state index is 0.0692. The van der Waals surface area contributed by atoms with Crippen LogP contribution in [0.25, 0.3) is 0 Å². The third-order valence-electron chi connectivity index (χ3n) is 3.48. The third-order valence-corrected chi connectivity index (χ3v) is 4.14. The van der Waals surface area contributed by atoms with Crippen molar-refractivity contribution in [2.24, 2.45) is 0 Å². The van der Waals surface area contributed by atoms with Crippen LogP contribution in [0.3, 0.4) is 0 Å². The van der Waals surface area contributed by atoms with Gasteiger partial charge in [0.15, 0.2) is 0 Å². The highest BCUT2D eigenvalue weighted by Gasteiger charge is 2.10. The molecule has 0 aromatic carbocycles. The Morgan fingerprint density at radius 3 is 1.43 bits per heavy atom. The number of hydrogen-bond acceptors (Lipinski definition) is 5. The highest BCUT2D eigenvalue weighted by atomic mass is 31.1. The first kappa shape index (κ1) is 25.7. The highest BCUT2D eigenvalue weighted by molar-refractivity contribution is 7.33. The Morgan fingerprint density at radius 1 is 0.786 bits per heavy atom. The minimum atomic E-state index is -2.75. The Kier molecular flexibility index (Phi) is 13.6. The van der Waals surface area contributed by atoms with Crippen molar-refractivity contribution in [2.45, 2.75) is 39.5 Å². The van der Waals surface area contributed by atoms with Crippen molar-refractivity contribution in [3.63, 3.8) is 0 Å². The maximum Gasteiger partial charge on any atom is 0.417 e. The van der Waals surface area contributed by atoms with Gasteiger partial charge in [-0.15, -0.1) is 0 Å². The van der Waals surface area contributed by atoms with E-state index in [4.69, 9.17) is 9.05 Å². The molecular weight excluding hydrogens is 379 g/mol. The van der Waals surface area contributed by atoms with Crippen molar-refractivity contribution in [2.75, 3.05) is 28.2 Å². The second-order valence-electron chi connectivity index (χ2n) is 6.43. The van der Waals surface area contributed by atoms with Gasteiger partial charge in [-0.05, 0) is 25.0 Å². The molecule has 0 aliphatic carbocycles. The first-order chi connectivity index (χ1) is 13.2. The lowest BCUT2D eigenvalue weighted by Gasteiger charge is -2.12. The number of allylic oxidation sites excluding steroid dienone is 4. The van der Waals surface area contributed by atoms with Gasteiger partial charge in [0.05, 0.1) is 12.5 Å². The molecule has 8 heteroatoms. The fraction of sp³-hybridized carbons (Fsp3) is 0.500. The molecule has 0 atom stereocenters. The van der Waals surface area contributed by atoms with Crippen LogP contribution in [0.15, 0.2) is 48.0 Å². The summed E-state index contributed by atoms with van der Waals surface area (Å²) in [6, 6.07) is 0. The number of carbonyl (C=O) groups excluding carboxylic acids is 2. The lowest BCUT2D eigenvalue weighted by Crippen LogP contribution is -2.23. The van der Waals surface area contributed by atoms with E-state index in [2.05, 4.69) is 0 Å². The predicted molar refractivity (Wildman–Crippen MR) is 113 cm³/mol. The standard InChI is InChI=1S/C20H33N2O5P/c1-7-11-17(19(23)21(3)4)13-9-15-26-28(25)27-16-10-14-18(12-8-2)20(24)22(5)6/h9-10,13-16,28H,7-8,11-12H2,1-6H3/b15-9+,16-10+,17-13-,18-14-. The first-order valence-corrected chi connectivity index (χ1v) is 10.5. The second-order valence-corrected chi connectivity index (χ2v) is 7.40. The van der Waals surface area contributed by atoms with Gasteiger partial charge in [-0.1, -0.05) is 38.8 Å². The molecule has 0 spiro atoms. The van der Waals surface area contributed by atoms with E-state index in [1.165, 1.54) is 34.5 Å². The van der Waals surface area contributed by atoms with Gasteiger partial charge in [-0.2, -0.15) is 0 Å². The Hall–Kier alpha value is -2.27. The number of rotatable bonds is 12. The van der Waals surface area contributed by atoms with Crippen molar-refractivity contribution in [1.82, 2.24) is 9.80 Å². The van der Waals surface area contributed by atoms with Gasteiger partial charge in [0.1, 0.15) is 0 Å². The molecule has 158 valence electrons. The van der Waals surface area contributed by atoms with Gasteiger partial charge >= 0.3 is 8.25 Å². The van der Waals surface area contributed by atoms with E-state index in [0.717, 1.165) is 12.8 Å². The van der Waals surface area contributed by atoms with Crippen molar-refractivity contribution in [3.8, 4) is 0 Å². The molecular formula is C20H33N2O5P. The van der Waals surface area contributed by atoms with Crippen LogP contribution >= 0.6 is 8.25 Å². The van der Waals surface area contributed by atoms with E-state index < -0.39 is 8.25 Å². The summed E-state index contributed by atoms with van der Waals surface area (Å²) < 4.78 is 21.7. The molecule has 0 unspecified atom stereocenters. The smallest absolute Gasteiger partial charge is 0.417 e. The number of carbonyl (C=O) groups is 2. The summed E-state index contributed by atoms with van der Waals surface area (Å²) in [6.45, 7) is 3.98. The molecule has 0 radical (unpaired) electrons. The SMILES string of the molecule is CCC/C(=C/C=C/O[PH](=O)O/C=C/C=C(/CCC)C(=O)N(C)C)C(=O)N(C)C. The molecule has 0 aromatic rings. The number of amides is 2. The molecule has 7 nitrogen and oxygen atoms in total. The maximum absolute atomic E-state index is 12.0. The molecule has 0 fully saturated rings. The largest absolute Gasteiger partial charge is 0.426 e. The van der Waals surface area contributed by atoms with Gasteiger partial charge < -0.3 is 18.8 Å². The van der Waals surface area contributed by atoms with E-state index in [1.54, 1.807) is 40.3 Å². The van der Waals surface area contributed by atoms with Gasteiger partial charge in [0.25, 0.3) is 0 Å². The summed E-state index contributed by atoms with van der Waals surface area (Å²) in [5.41, 5.74) is 1.29. The lowest BCUT2D eigenvalue weighted by molar-refractivity contribution is -0.125. The summed E-state index contributed by atoms with van der Waals surface area (Å²) in [5.74, 6) is -0.138. The Morgan fingerprint density at radius 2 is 1.14 bits per heavy atom. The molecule has 0 aliphatic heterocycles. The van der Waals surface area contributed by atoms with Gasteiger partial charge in [0.2, 0.25) is 11.8 Å². The van der Waals surface area contributed by atoms with E-state index >= 15 is 0 Å². The average molecular weight is 412 g/mol. The van der Waals surface area contributed by atoms with Crippen molar-refractivity contribution < 1.29 is 23.2 Å². The lowest BCUT2D eigenvalue weighted by atomic mass is 10.1.